The summed E-state index contributed by atoms with van der Waals surface area (Å²) in [6.07, 6.45) is -0.559. The Morgan fingerprint density at radius 3 is 2.60 bits per heavy atom. The first-order valence-corrected chi connectivity index (χ1v) is 6.28. The zero-order valence-corrected chi connectivity index (χ0v) is 12.2. The summed E-state index contributed by atoms with van der Waals surface area (Å²) in [4.78, 5) is 11.5. The molecule has 1 unspecified atom stereocenters. The molecule has 1 aromatic rings. The highest BCUT2D eigenvalue weighted by molar-refractivity contribution is 5.67. The molecule has 0 aromatic heterocycles. The van der Waals surface area contributed by atoms with Gasteiger partial charge < -0.3 is 20.5 Å². The molecule has 0 aliphatic carbocycles. The van der Waals surface area contributed by atoms with Crippen LogP contribution in [0.15, 0.2) is 18.2 Å². The van der Waals surface area contributed by atoms with Crippen LogP contribution in [-0.2, 0) is 4.74 Å². The second kappa shape index (κ2) is 6.56. The molecule has 6 heteroatoms. The number of rotatable bonds is 4. The van der Waals surface area contributed by atoms with Gasteiger partial charge in [-0.2, -0.15) is 0 Å². The Labute approximate surface area is 118 Å². The molecule has 112 valence electrons. The van der Waals surface area contributed by atoms with Gasteiger partial charge in [0.15, 0.2) is 0 Å². The van der Waals surface area contributed by atoms with Gasteiger partial charge in [0.1, 0.15) is 17.2 Å². The number of carbonyl (C=O) groups excluding carboxylic acids is 1. The van der Waals surface area contributed by atoms with Gasteiger partial charge in [0.2, 0.25) is 0 Å². The second-order valence-corrected chi connectivity index (χ2v) is 5.41. The van der Waals surface area contributed by atoms with Gasteiger partial charge in [0.05, 0.1) is 7.11 Å². The van der Waals surface area contributed by atoms with Crippen LogP contribution < -0.4 is 15.8 Å². The van der Waals surface area contributed by atoms with Gasteiger partial charge in [0.25, 0.3) is 0 Å². The molecule has 1 amide bonds. The van der Waals surface area contributed by atoms with Crippen molar-refractivity contribution in [3.05, 3.63) is 29.6 Å². The lowest BCUT2D eigenvalue weighted by Crippen LogP contribution is -2.36. The highest BCUT2D eigenvalue weighted by Gasteiger charge is 2.17. The molecule has 0 fully saturated rings. The average molecular weight is 284 g/mol. The highest BCUT2D eigenvalue weighted by Crippen LogP contribution is 2.20. The van der Waals surface area contributed by atoms with E-state index in [0.29, 0.717) is 11.3 Å². The minimum Gasteiger partial charge on any atom is -0.497 e. The lowest BCUT2D eigenvalue weighted by molar-refractivity contribution is 0.0524. The van der Waals surface area contributed by atoms with Crippen LogP contribution >= 0.6 is 0 Å². The number of methoxy groups -OCH3 is 1. The van der Waals surface area contributed by atoms with Crippen LogP contribution in [0.4, 0.5) is 9.18 Å². The number of alkyl carbamates (subject to hydrolysis) is 1. The van der Waals surface area contributed by atoms with E-state index < -0.39 is 23.6 Å². The van der Waals surface area contributed by atoms with Crippen molar-refractivity contribution < 1.29 is 18.7 Å². The Kier molecular flexibility index (Phi) is 5.33. The normalized spacial score (nSPS) is 12.7. The molecule has 0 aliphatic rings. The Morgan fingerprint density at radius 1 is 1.40 bits per heavy atom. The maximum Gasteiger partial charge on any atom is 0.407 e. The Morgan fingerprint density at radius 2 is 2.05 bits per heavy atom. The predicted molar refractivity (Wildman–Crippen MR) is 74.1 cm³/mol. The molecular formula is C14H21FN2O3. The summed E-state index contributed by atoms with van der Waals surface area (Å²) < 4.78 is 23.4. The molecule has 0 aliphatic heterocycles. The molecule has 0 radical (unpaired) electrons. The Bertz CT molecular complexity index is 472. The summed E-state index contributed by atoms with van der Waals surface area (Å²) in [5, 5.41) is 2.54. The van der Waals surface area contributed by atoms with Crippen molar-refractivity contribution in [1.29, 1.82) is 0 Å². The first-order chi connectivity index (χ1) is 9.21. The number of nitrogens with two attached hydrogens (primary N) is 1. The van der Waals surface area contributed by atoms with Gasteiger partial charge in [-0.15, -0.1) is 0 Å². The van der Waals surface area contributed by atoms with E-state index >= 15 is 0 Å². The number of amides is 1. The van der Waals surface area contributed by atoms with Crippen LogP contribution in [0.2, 0.25) is 0 Å². The molecular weight excluding hydrogens is 263 g/mol. The predicted octanol–water partition coefficient (Wildman–Crippen LogP) is 2.36. The molecule has 0 bridgehead atoms. The highest BCUT2D eigenvalue weighted by atomic mass is 19.1. The summed E-state index contributed by atoms with van der Waals surface area (Å²) in [6, 6.07) is 3.65. The maximum atomic E-state index is 13.3. The molecule has 1 aromatic carbocycles. The van der Waals surface area contributed by atoms with Crippen molar-refractivity contribution in [1.82, 2.24) is 5.32 Å². The fourth-order valence-corrected chi connectivity index (χ4v) is 1.54. The van der Waals surface area contributed by atoms with Crippen LogP contribution in [0.5, 0.6) is 5.75 Å². The summed E-state index contributed by atoms with van der Waals surface area (Å²) in [7, 11) is 1.45. The summed E-state index contributed by atoms with van der Waals surface area (Å²) >= 11 is 0. The zero-order valence-electron chi connectivity index (χ0n) is 12.2. The molecule has 0 saturated carbocycles. The van der Waals surface area contributed by atoms with E-state index in [1.54, 1.807) is 26.8 Å². The van der Waals surface area contributed by atoms with Crippen LogP contribution in [0.25, 0.3) is 0 Å². The van der Waals surface area contributed by atoms with Crippen molar-refractivity contribution in [2.75, 3.05) is 13.7 Å². The van der Waals surface area contributed by atoms with Crippen molar-refractivity contribution in [3.8, 4) is 5.75 Å². The fraction of sp³-hybridized carbons (Fsp3) is 0.500. The van der Waals surface area contributed by atoms with E-state index in [1.807, 2.05) is 0 Å². The van der Waals surface area contributed by atoms with Crippen LogP contribution in [0.1, 0.15) is 32.4 Å². The number of halogens is 1. The smallest absolute Gasteiger partial charge is 0.407 e. The van der Waals surface area contributed by atoms with E-state index in [9.17, 15) is 9.18 Å². The van der Waals surface area contributed by atoms with E-state index in [0.717, 1.165) is 0 Å². The maximum absolute atomic E-state index is 13.3. The number of hydrogen-bond donors (Lipinski definition) is 2. The van der Waals surface area contributed by atoms with Crippen LogP contribution in [0.3, 0.4) is 0 Å². The first-order valence-electron chi connectivity index (χ1n) is 6.28. The molecule has 1 atom stereocenters. The lowest BCUT2D eigenvalue weighted by atomic mass is 10.1. The van der Waals surface area contributed by atoms with Crippen molar-refractivity contribution >= 4 is 6.09 Å². The molecule has 20 heavy (non-hydrogen) atoms. The second-order valence-electron chi connectivity index (χ2n) is 5.41. The summed E-state index contributed by atoms with van der Waals surface area (Å²) in [6.45, 7) is 5.44. The number of nitrogens with one attached hydrogen (secondary N) is 1. The average Bonchev–Trinajstić information content (AvgIpc) is 2.33. The minimum absolute atomic E-state index is 0.140. The number of hydrogen-bond acceptors (Lipinski definition) is 4. The van der Waals surface area contributed by atoms with Gasteiger partial charge in [-0.3, -0.25) is 0 Å². The monoisotopic (exact) mass is 284 g/mol. The molecule has 3 N–H and O–H groups in total. The number of carbonyl (C=O) groups is 1. The third-order valence-electron chi connectivity index (χ3n) is 2.42. The van der Waals surface area contributed by atoms with Gasteiger partial charge in [-0.05, 0) is 38.5 Å². The van der Waals surface area contributed by atoms with Gasteiger partial charge >= 0.3 is 6.09 Å². The minimum atomic E-state index is -0.573. The van der Waals surface area contributed by atoms with Crippen molar-refractivity contribution in [3.63, 3.8) is 0 Å². The third-order valence-corrected chi connectivity index (χ3v) is 2.42. The molecule has 1 rings (SSSR count). The van der Waals surface area contributed by atoms with Crippen LogP contribution in [-0.4, -0.2) is 25.3 Å². The van der Waals surface area contributed by atoms with E-state index in [1.165, 1.54) is 19.2 Å². The quantitative estimate of drug-likeness (QED) is 0.890. The van der Waals surface area contributed by atoms with E-state index in [2.05, 4.69) is 5.32 Å². The Balaban J connectivity index is 2.61. The lowest BCUT2D eigenvalue weighted by Gasteiger charge is -2.21. The fourth-order valence-electron chi connectivity index (χ4n) is 1.54. The van der Waals surface area contributed by atoms with E-state index in [4.69, 9.17) is 15.2 Å². The topological polar surface area (TPSA) is 73.6 Å². The largest absolute Gasteiger partial charge is 0.497 e. The van der Waals surface area contributed by atoms with E-state index in [-0.39, 0.29) is 6.54 Å². The van der Waals surface area contributed by atoms with Crippen molar-refractivity contribution in [2.45, 2.75) is 32.4 Å². The SMILES string of the molecule is COc1cc(F)cc(C(N)CNC(=O)OC(C)(C)C)c1. The first kappa shape index (κ1) is 16.2. The van der Waals surface area contributed by atoms with Crippen molar-refractivity contribution in [2.24, 2.45) is 5.73 Å². The summed E-state index contributed by atoms with van der Waals surface area (Å²) in [5.41, 5.74) is 5.87. The van der Waals surface area contributed by atoms with Crippen LogP contribution in [0, 0.1) is 5.82 Å². The number of ether oxygens (including phenoxy) is 2. The molecule has 0 saturated heterocycles. The standard InChI is InChI=1S/C14H21FN2O3/c1-14(2,3)20-13(18)17-8-12(16)9-5-10(15)7-11(6-9)19-4/h5-7,12H,8,16H2,1-4H3,(H,17,18). The van der Waals surface area contributed by atoms with Gasteiger partial charge in [-0.25, -0.2) is 9.18 Å². The number of benzene rings is 1. The zero-order chi connectivity index (χ0) is 15.3. The summed E-state index contributed by atoms with van der Waals surface area (Å²) in [5.74, 6) is -0.0558. The van der Waals surface area contributed by atoms with Gasteiger partial charge in [-0.1, -0.05) is 0 Å². The Hall–Kier alpha value is -1.82. The molecule has 5 nitrogen and oxygen atoms in total. The van der Waals surface area contributed by atoms with Gasteiger partial charge in [0, 0.05) is 18.7 Å². The third kappa shape index (κ3) is 5.44. The molecule has 0 heterocycles. The molecule has 0 spiro atoms.